The second-order valence-corrected chi connectivity index (χ2v) is 6.92. The highest BCUT2D eigenvalue weighted by atomic mass is 32.2. The number of halogens is 3. The van der Waals surface area contributed by atoms with Gasteiger partial charge in [0.25, 0.3) is 6.43 Å². The van der Waals surface area contributed by atoms with Gasteiger partial charge in [-0.3, -0.25) is 9.79 Å². The summed E-state index contributed by atoms with van der Waals surface area (Å²) >= 11 is 1.42. The number of aliphatic imine (C=N–C) groups is 1. The fourth-order valence-corrected chi connectivity index (χ4v) is 3.41. The number of ether oxygens (including phenoxy) is 1. The van der Waals surface area contributed by atoms with Crippen LogP contribution in [0.25, 0.3) is 6.08 Å². The predicted octanol–water partition coefficient (Wildman–Crippen LogP) is 4.44. The number of thioether (sulfide) groups is 1. The van der Waals surface area contributed by atoms with Gasteiger partial charge in [-0.2, -0.15) is 0 Å². The molecule has 8 heteroatoms. The third-order valence-electron chi connectivity index (χ3n) is 3.82. The van der Waals surface area contributed by atoms with E-state index in [1.165, 1.54) is 30.0 Å². The Kier molecular flexibility index (Phi) is 6.76. The molecule has 0 bridgehead atoms. The minimum atomic E-state index is -2.53. The molecule has 4 nitrogen and oxygen atoms in total. The maximum absolute atomic E-state index is 13.0. The Balaban J connectivity index is 1.52. The molecule has 1 N–H and O–H groups in total. The monoisotopic (exact) mass is 406 g/mol. The molecule has 1 unspecified atom stereocenters. The van der Waals surface area contributed by atoms with Crippen molar-refractivity contribution in [2.75, 3.05) is 12.4 Å². The number of hydrogen-bond donors (Lipinski definition) is 1. The topological polar surface area (TPSA) is 50.7 Å². The Hall–Kier alpha value is -2.74. The number of nitrogens with one attached hydrogen (secondary N) is 1. The van der Waals surface area contributed by atoms with Crippen molar-refractivity contribution < 1.29 is 22.7 Å². The highest BCUT2D eigenvalue weighted by Gasteiger charge is 2.20. The fraction of sp³-hybridized carbons (Fsp3) is 0.200. The third kappa shape index (κ3) is 5.88. The summed E-state index contributed by atoms with van der Waals surface area (Å²) in [4.78, 5) is 16.5. The van der Waals surface area contributed by atoms with Crippen LogP contribution in [0.4, 0.5) is 13.2 Å². The summed E-state index contributed by atoms with van der Waals surface area (Å²) in [5.74, 6) is 0.380. The molecular weight excluding hydrogens is 389 g/mol. The Morgan fingerprint density at radius 2 is 1.93 bits per heavy atom. The van der Waals surface area contributed by atoms with Gasteiger partial charge in [0.15, 0.2) is 5.17 Å². The fourth-order valence-electron chi connectivity index (χ4n) is 2.45. The van der Waals surface area contributed by atoms with Crippen LogP contribution in [-0.2, 0) is 4.79 Å². The molecule has 2 aromatic carbocycles. The SMILES string of the molecule is O=C(/C=C/c1ccc(OCC(F)F)cc1)NC1=NC(c2ccc(F)cc2)CS1. The maximum atomic E-state index is 13.0. The summed E-state index contributed by atoms with van der Waals surface area (Å²) in [5, 5.41) is 3.22. The van der Waals surface area contributed by atoms with Crippen LogP contribution < -0.4 is 10.1 Å². The molecule has 0 radical (unpaired) electrons. The van der Waals surface area contributed by atoms with Crippen molar-refractivity contribution in [1.82, 2.24) is 5.32 Å². The van der Waals surface area contributed by atoms with Crippen LogP contribution in [0.15, 0.2) is 59.6 Å². The first-order valence-corrected chi connectivity index (χ1v) is 9.44. The molecule has 0 saturated heterocycles. The molecule has 0 aromatic heterocycles. The molecule has 28 heavy (non-hydrogen) atoms. The lowest BCUT2D eigenvalue weighted by Gasteiger charge is -2.05. The summed E-state index contributed by atoms with van der Waals surface area (Å²) in [6, 6.07) is 12.5. The first kappa shape index (κ1) is 20.0. The van der Waals surface area contributed by atoms with Gasteiger partial charge in [-0.15, -0.1) is 0 Å². The van der Waals surface area contributed by atoms with E-state index in [0.717, 1.165) is 11.1 Å². The molecule has 146 valence electrons. The van der Waals surface area contributed by atoms with E-state index in [1.54, 1.807) is 42.5 Å². The van der Waals surface area contributed by atoms with Crippen molar-refractivity contribution in [2.24, 2.45) is 4.99 Å². The van der Waals surface area contributed by atoms with E-state index in [4.69, 9.17) is 4.74 Å². The minimum Gasteiger partial charge on any atom is -0.488 e. The van der Waals surface area contributed by atoms with Gasteiger partial charge in [-0.1, -0.05) is 36.0 Å². The summed E-state index contributed by atoms with van der Waals surface area (Å²) in [7, 11) is 0. The van der Waals surface area contributed by atoms with E-state index < -0.39 is 13.0 Å². The van der Waals surface area contributed by atoms with Crippen molar-refractivity contribution in [3.63, 3.8) is 0 Å². The largest absolute Gasteiger partial charge is 0.488 e. The lowest BCUT2D eigenvalue weighted by atomic mass is 10.1. The van der Waals surface area contributed by atoms with Gasteiger partial charge >= 0.3 is 0 Å². The number of rotatable bonds is 6. The highest BCUT2D eigenvalue weighted by Crippen LogP contribution is 2.29. The van der Waals surface area contributed by atoms with Gasteiger partial charge in [0.2, 0.25) is 5.91 Å². The zero-order valence-corrected chi connectivity index (χ0v) is 15.5. The molecule has 2 aromatic rings. The van der Waals surface area contributed by atoms with Crippen LogP contribution in [-0.4, -0.2) is 29.9 Å². The average molecular weight is 406 g/mol. The van der Waals surface area contributed by atoms with Gasteiger partial charge in [0.1, 0.15) is 18.2 Å². The normalized spacial score (nSPS) is 16.4. The van der Waals surface area contributed by atoms with E-state index in [9.17, 15) is 18.0 Å². The Morgan fingerprint density at radius 1 is 1.21 bits per heavy atom. The average Bonchev–Trinajstić information content (AvgIpc) is 3.14. The Morgan fingerprint density at radius 3 is 2.61 bits per heavy atom. The maximum Gasteiger partial charge on any atom is 0.272 e. The quantitative estimate of drug-likeness (QED) is 0.722. The number of benzene rings is 2. The molecule has 1 aliphatic heterocycles. The van der Waals surface area contributed by atoms with Crippen molar-refractivity contribution in [3.8, 4) is 5.75 Å². The summed E-state index contributed by atoms with van der Waals surface area (Å²) in [6.07, 6.45) is 0.440. The van der Waals surface area contributed by atoms with Gasteiger partial charge in [-0.05, 0) is 41.5 Å². The minimum absolute atomic E-state index is 0.120. The Bertz CT molecular complexity index is 868. The number of alkyl halides is 2. The number of carbonyl (C=O) groups is 1. The molecule has 0 saturated carbocycles. The summed E-state index contributed by atoms with van der Waals surface area (Å²) in [5.41, 5.74) is 1.62. The molecule has 1 amide bonds. The van der Waals surface area contributed by atoms with Gasteiger partial charge in [-0.25, -0.2) is 13.2 Å². The standard InChI is InChI=1S/C20H17F3N2O2S/c21-15-6-4-14(5-7-15)17-12-28-20(24-17)25-19(26)10-3-13-1-8-16(9-2-13)27-11-18(22)23/h1-10,17-18H,11-12H2,(H,24,25,26)/b10-3+. The highest BCUT2D eigenvalue weighted by molar-refractivity contribution is 8.14. The first-order valence-electron chi connectivity index (χ1n) is 8.46. The predicted molar refractivity (Wildman–Crippen MR) is 104 cm³/mol. The summed E-state index contributed by atoms with van der Waals surface area (Å²) in [6.45, 7) is -0.656. The van der Waals surface area contributed by atoms with Crippen LogP contribution in [0.1, 0.15) is 17.2 Å². The van der Waals surface area contributed by atoms with E-state index >= 15 is 0 Å². The van der Waals surface area contributed by atoms with E-state index in [-0.39, 0.29) is 17.8 Å². The van der Waals surface area contributed by atoms with Crippen LogP contribution in [0.2, 0.25) is 0 Å². The molecule has 1 atom stereocenters. The number of hydrogen-bond acceptors (Lipinski definition) is 4. The van der Waals surface area contributed by atoms with Crippen molar-refractivity contribution in [2.45, 2.75) is 12.5 Å². The summed E-state index contributed by atoms with van der Waals surface area (Å²) < 4.78 is 42.1. The number of amides is 1. The van der Waals surface area contributed by atoms with Crippen LogP contribution in [0, 0.1) is 5.82 Å². The number of amidine groups is 1. The van der Waals surface area contributed by atoms with Crippen molar-refractivity contribution in [1.29, 1.82) is 0 Å². The van der Waals surface area contributed by atoms with Gasteiger partial charge < -0.3 is 10.1 Å². The number of carbonyl (C=O) groups excluding carboxylic acids is 1. The van der Waals surface area contributed by atoms with Gasteiger partial charge in [0, 0.05) is 11.8 Å². The van der Waals surface area contributed by atoms with Gasteiger partial charge in [0.05, 0.1) is 6.04 Å². The zero-order chi connectivity index (χ0) is 19.9. The van der Waals surface area contributed by atoms with Crippen LogP contribution >= 0.6 is 11.8 Å². The van der Waals surface area contributed by atoms with Crippen LogP contribution in [0.3, 0.4) is 0 Å². The van der Waals surface area contributed by atoms with Crippen molar-refractivity contribution >= 4 is 28.9 Å². The first-order chi connectivity index (χ1) is 13.5. The molecule has 1 aliphatic rings. The Labute approximate surface area is 164 Å². The molecule has 1 heterocycles. The lowest BCUT2D eigenvalue weighted by molar-refractivity contribution is -0.115. The van der Waals surface area contributed by atoms with E-state index in [2.05, 4.69) is 10.3 Å². The van der Waals surface area contributed by atoms with E-state index in [0.29, 0.717) is 16.7 Å². The third-order valence-corrected chi connectivity index (χ3v) is 4.78. The molecule has 0 fully saturated rings. The molecule has 3 rings (SSSR count). The second kappa shape index (κ2) is 9.45. The molecule has 0 spiro atoms. The van der Waals surface area contributed by atoms with Crippen LogP contribution in [0.5, 0.6) is 5.75 Å². The molecular formula is C20H17F3N2O2S. The lowest BCUT2D eigenvalue weighted by Crippen LogP contribution is -2.25. The second-order valence-electron chi connectivity index (χ2n) is 5.91. The zero-order valence-electron chi connectivity index (χ0n) is 14.6. The smallest absolute Gasteiger partial charge is 0.272 e. The number of nitrogens with zero attached hydrogens (tertiary/aromatic N) is 1. The van der Waals surface area contributed by atoms with Crippen molar-refractivity contribution in [3.05, 3.63) is 71.6 Å². The van der Waals surface area contributed by atoms with E-state index in [1.807, 2.05) is 0 Å². The molecule has 0 aliphatic carbocycles.